The third kappa shape index (κ3) is 4.66. The monoisotopic (exact) mass is 422 g/mol. The number of carbonyl (C=O) groups is 1. The summed E-state index contributed by atoms with van der Waals surface area (Å²) in [6.07, 6.45) is -2.19. The average Bonchev–Trinajstić information content (AvgIpc) is 2.67. The first-order valence-corrected chi connectivity index (χ1v) is 8.28. The zero-order valence-corrected chi connectivity index (χ0v) is 15.0. The van der Waals surface area contributed by atoms with Crippen molar-refractivity contribution < 1.29 is 22.9 Å². The molecule has 0 aliphatic rings. The maximum atomic E-state index is 12.8. The molecular weight excluding hydrogens is 413 g/mol. The Hall–Kier alpha value is -3.53. The van der Waals surface area contributed by atoms with E-state index in [4.69, 9.17) is 11.6 Å². The van der Waals surface area contributed by atoms with E-state index in [2.05, 4.69) is 15.3 Å². The van der Waals surface area contributed by atoms with E-state index in [9.17, 15) is 28.1 Å². The number of anilines is 1. The van der Waals surface area contributed by atoms with Crippen molar-refractivity contribution in [2.24, 2.45) is 0 Å². The van der Waals surface area contributed by atoms with Gasteiger partial charge < -0.3 is 5.32 Å². The number of amides is 1. The van der Waals surface area contributed by atoms with Crippen LogP contribution in [0.3, 0.4) is 0 Å². The van der Waals surface area contributed by atoms with E-state index in [1.807, 2.05) is 0 Å². The number of nitrogens with zero attached hydrogens (tertiary/aromatic N) is 3. The van der Waals surface area contributed by atoms with Crippen LogP contribution in [0.2, 0.25) is 5.02 Å². The highest BCUT2D eigenvalue weighted by Crippen LogP contribution is 2.31. The molecule has 1 heterocycles. The maximum Gasteiger partial charge on any atom is 0.416 e. The molecule has 148 valence electrons. The second-order valence-electron chi connectivity index (χ2n) is 5.74. The molecule has 0 spiro atoms. The number of nitrogens with one attached hydrogen (secondary N) is 1. The van der Waals surface area contributed by atoms with Crippen molar-refractivity contribution in [3.8, 4) is 11.3 Å². The topological polar surface area (TPSA) is 98.0 Å². The first-order chi connectivity index (χ1) is 13.6. The Labute approximate surface area is 166 Å². The normalized spacial score (nSPS) is 11.2. The van der Waals surface area contributed by atoms with Crippen LogP contribution in [0.15, 0.2) is 54.9 Å². The lowest BCUT2D eigenvalue weighted by atomic mass is 10.1. The largest absolute Gasteiger partial charge is 0.416 e. The van der Waals surface area contributed by atoms with Crippen molar-refractivity contribution >= 4 is 29.0 Å². The van der Waals surface area contributed by atoms with E-state index in [0.29, 0.717) is 0 Å². The fourth-order valence-electron chi connectivity index (χ4n) is 2.43. The zero-order valence-electron chi connectivity index (χ0n) is 14.3. The number of hydrogen-bond acceptors (Lipinski definition) is 5. The highest BCUT2D eigenvalue weighted by molar-refractivity contribution is 6.31. The molecule has 1 aromatic heterocycles. The van der Waals surface area contributed by atoms with Crippen LogP contribution in [0.25, 0.3) is 11.3 Å². The molecule has 2 aromatic carbocycles. The molecule has 3 rings (SSSR count). The highest BCUT2D eigenvalue weighted by Gasteiger charge is 2.30. The number of hydrogen-bond donors (Lipinski definition) is 1. The minimum absolute atomic E-state index is 0.0417. The van der Waals surface area contributed by atoms with E-state index in [1.54, 1.807) is 0 Å². The first-order valence-electron chi connectivity index (χ1n) is 7.90. The van der Waals surface area contributed by atoms with E-state index in [1.165, 1.54) is 24.4 Å². The van der Waals surface area contributed by atoms with Gasteiger partial charge in [0.2, 0.25) is 0 Å². The Balaban J connectivity index is 1.83. The summed E-state index contributed by atoms with van der Waals surface area (Å²) in [4.78, 5) is 30.6. The fourth-order valence-corrected chi connectivity index (χ4v) is 2.60. The molecule has 1 amide bonds. The van der Waals surface area contributed by atoms with Gasteiger partial charge in [-0.05, 0) is 24.3 Å². The predicted octanol–water partition coefficient (Wildman–Crippen LogP) is 4.98. The van der Waals surface area contributed by atoms with Crippen LogP contribution in [-0.4, -0.2) is 20.8 Å². The Morgan fingerprint density at radius 2 is 1.86 bits per heavy atom. The lowest BCUT2D eigenvalue weighted by molar-refractivity contribution is -0.385. The van der Waals surface area contributed by atoms with Crippen LogP contribution in [0.1, 0.15) is 15.9 Å². The molecule has 3 aromatic rings. The smallest absolute Gasteiger partial charge is 0.305 e. The number of nitro benzene ring substituents is 1. The average molecular weight is 423 g/mol. The van der Waals surface area contributed by atoms with Crippen LogP contribution in [-0.2, 0) is 6.18 Å². The summed E-state index contributed by atoms with van der Waals surface area (Å²) in [5.74, 6) is -0.875. The second kappa shape index (κ2) is 7.84. The summed E-state index contributed by atoms with van der Waals surface area (Å²) in [6, 6.07) is 8.06. The van der Waals surface area contributed by atoms with Crippen LogP contribution >= 0.6 is 11.6 Å². The molecule has 0 unspecified atom stereocenters. The van der Waals surface area contributed by atoms with Crippen molar-refractivity contribution in [3.63, 3.8) is 0 Å². The summed E-state index contributed by atoms with van der Waals surface area (Å²) in [5.41, 5.74) is -1.20. The molecule has 0 atom stereocenters. The van der Waals surface area contributed by atoms with Crippen molar-refractivity contribution in [1.29, 1.82) is 0 Å². The first kappa shape index (κ1) is 20.2. The Morgan fingerprint density at radius 1 is 1.10 bits per heavy atom. The summed E-state index contributed by atoms with van der Waals surface area (Å²) in [6.45, 7) is 0. The van der Waals surface area contributed by atoms with Crippen LogP contribution < -0.4 is 5.32 Å². The van der Waals surface area contributed by atoms with Crippen molar-refractivity contribution in [2.75, 3.05) is 5.32 Å². The molecule has 0 bridgehead atoms. The molecule has 7 nitrogen and oxygen atoms in total. The van der Waals surface area contributed by atoms with Crippen LogP contribution in [0.4, 0.5) is 24.7 Å². The molecule has 0 saturated heterocycles. The summed E-state index contributed by atoms with van der Waals surface area (Å²) in [5, 5.41) is 13.5. The van der Waals surface area contributed by atoms with Crippen molar-refractivity contribution in [1.82, 2.24) is 9.97 Å². The number of aromatic nitrogens is 2. The van der Waals surface area contributed by atoms with Gasteiger partial charge in [-0.3, -0.25) is 19.9 Å². The number of nitro groups is 1. The molecule has 11 heteroatoms. The van der Waals surface area contributed by atoms with Gasteiger partial charge in [-0.15, -0.1) is 0 Å². The number of rotatable bonds is 4. The van der Waals surface area contributed by atoms with Gasteiger partial charge >= 0.3 is 6.18 Å². The Bertz CT molecular complexity index is 1090. The molecular formula is C18H10ClF3N4O3. The molecule has 0 aliphatic heterocycles. The number of benzene rings is 2. The zero-order chi connectivity index (χ0) is 21.2. The third-order valence-corrected chi connectivity index (χ3v) is 4.01. The molecule has 0 saturated carbocycles. The third-order valence-electron chi connectivity index (χ3n) is 3.78. The number of carbonyl (C=O) groups excluding carboxylic acids is 1. The second-order valence-corrected chi connectivity index (χ2v) is 6.17. The molecule has 29 heavy (non-hydrogen) atoms. The van der Waals surface area contributed by atoms with Crippen molar-refractivity contribution in [3.05, 3.63) is 81.1 Å². The Kier molecular flexibility index (Phi) is 5.46. The van der Waals surface area contributed by atoms with E-state index < -0.39 is 28.3 Å². The van der Waals surface area contributed by atoms with Crippen LogP contribution in [0, 0.1) is 10.1 Å². The van der Waals surface area contributed by atoms with Gasteiger partial charge in [-0.2, -0.15) is 13.2 Å². The minimum atomic E-state index is -4.50. The van der Waals surface area contributed by atoms with Crippen LogP contribution in [0.5, 0.6) is 0 Å². The maximum absolute atomic E-state index is 12.8. The van der Waals surface area contributed by atoms with Gasteiger partial charge in [0.25, 0.3) is 11.6 Å². The Morgan fingerprint density at radius 3 is 2.48 bits per heavy atom. The summed E-state index contributed by atoms with van der Waals surface area (Å²) >= 11 is 5.79. The lowest BCUT2D eigenvalue weighted by Gasteiger charge is -2.09. The van der Waals surface area contributed by atoms with Gasteiger partial charge in [0, 0.05) is 16.7 Å². The standard InChI is InChI=1S/C18H10ClF3N4O3/c19-12-4-5-15(26(28)29)13(7-12)17(27)25-16-9-23-14(8-24-16)10-2-1-3-11(6-10)18(20,21)22/h1-9H,(H,24,25,27). The van der Waals surface area contributed by atoms with E-state index in [-0.39, 0.29) is 27.7 Å². The summed E-state index contributed by atoms with van der Waals surface area (Å²) < 4.78 is 38.5. The minimum Gasteiger partial charge on any atom is -0.305 e. The molecule has 0 fully saturated rings. The van der Waals surface area contributed by atoms with Gasteiger partial charge in [-0.25, -0.2) is 4.98 Å². The quantitative estimate of drug-likeness (QED) is 0.472. The van der Waals surface area contributed by atoms with Gasteiger partial charge in [0.1, 0.15) is 5.56 Å². The predicted molar refractivity (Wildman–Crippen MR) is 98.5 cm³/mol. The van der Waals surface area contributed by atoms with E-state index >= 15 is 0 Å². The van der Waals surface area contributed by atoms with Gasteiger partial charge in [0.05, 0.1) is 28.6 Å². The lowest BCUT2D eigenvalue weighted by Crippen LogP contribution is -2.15. The SMILES string of the molecule is O=C(Nc1cnc(-c2cccc(C(F)(F)F)c2)cn1)c1cc(Cl)ccc1[N+](=O)[O-]. The fraction of sp³-hybridized carbons (Fsp3) is 0.0556. The van der Waals surface area contributed by atoms with Gasteiger partial charge in [-0.1, -0.05) is 23.7 Å². The number of halogens is 4. The molecule has 1 N–H and O–H groups in total. The molecule has 0 radical (unpaired) electrons. The van der Waals surface area contributed by atoms with Crippen molar-refractivity contribution in [2.45, 2.75) is 6.18 Å². The summed E-state index contributed by atoms with van der Waals surface area (Å²) in [7, 11) is 0. The van der Waals surface area contributed by atoms with Gasteiger partial charge in [0.15, 0.2) is 5.82 Å². The number of alkyl halides is 3. The highest BCUT2D eigenvalue weighted by atomic mass is 35.5. The molecule has 0 aliphatic carbocycles. The van der Waals surface area contributed by atoms with E-state index in [0.717, 1.165) is 30.5 Å².